The van der Waals surface area contributed by atoms with Crippen LogP contribution in [0.3, 0.4) is 0 Å². The third-order valence-corrected chi connectivity index (χ3v) is 5.98. The van der Waals surface area contributed by atoms with Gasteiger partial charge in [0.1, 0.15) is 0 Å². The first-order valence-corrected chi connectivity index (χ1v) is 10.5. The fourth-order valence-corrected chi connectivity index (χ4v) is 4.37. The number of amides is 1. The van der Waals surface area contributed by atoms with E-state index >= 15 is 0 Å². The Labute approximate surface area is 167 Å². The van der Waals surface area contributed by atoms with Crippen LogP contribution in [-0.2, 0) is 11.2 Å². The molecule has 28 heavy (non-hydrogen) atoms. The number of carbonyl (C=O) groups is 1. The van der Waals surface area contributed by atoms with E-state index in [9.17, 15) is 4.79 Å². The molecule has 1 fully saturated rings. The van der Waals surface area contributed by atoms with E-state index in [1.165, 1.54) is 11.8 Å². The number of morpholine rings is 1. The van der Waals surface area contributed by atoms with Crippen LogP contribution in [0.5, 0.6) is 0 Å². The summed E-state index contributed by atoms with van der Waals surface area (Å²) in [4.78, 5) is 21.8. The number of benzene rings is 1. The highest BCUT2D eigenvalue weighted by atomic mass is 32.1. The van der Waals surface area contributed by atoms with E-state index in [2.05, 4.69) is 29.1 Å². The lowest BCUT2D eigenvalue weighted by atomic mass is 10.2. The molecule has 4 rings (SSSR count). The van der Waals surface area contributed by atoms with Gasteiger partial charge >= 0.3 is 0 Å². The Balaban J connectivity index is 1.54. The number of anilines is 1. The van der Waals surface area contributed by atoms with E-state index in [0.717, 1.165) is 55.9 Å². The zero-order chi connectivity index (χ0) is 19.3. The predicted molar refractivity (Wildman–Crippen MR) is 109 cm³/mol. The molecule has 0 N–H and O–H groups in total. The highest BCUT2D eigenvalue weighted by Crippen LogP contribution is 2.30. The van der Waals surface area contributed by atoms with Crippen LogP contribution < -0.4 is 4.90 Å². The van der Waals surface area contributed by atoms with Crippen molar-refractivity contribution in [2.24, 2.45) is 0 Å². The second kappa shape index (κ2) is 8.81. The van der Waals surface area contributed by atoms with Crippen molar-refractivity contribution in [3.8, 4) is 0 Å². The molecule has 3 heterocycles. The number of fused-ring (bicyclic) bond motifs is 1. The third kappa shape index (κ3) is 4.24. The van der Waals surface area contributed by atoms with Crippen molar-refractivity contribution in [1.29, 1.82) is 0 Å². The zero-order valence-corrected chi connectivity index (χ0v) is 16.8. The van der Waals surface area contributed by atoms with Crippen molar-refractivity contribution in [2.45, 2.75) is 19.8 Å². The van der Waals surface area contributed by atoms with Gasteiger partial charge in [0.25, 0.3) is 5.91 Å². The van der Waals surface area contributed by atoms with Gasteiger partial charge < -0.3 is 9.26 Å². The average molecular weight is 401 g/mol. The molecule has 0 aliphatic carbocycles. The van der Waals surface area contributed by atoms with Crippen LogP contribution in [0.4, 0.5) is 5.13 Å². The SMILES string of the molecule is CCc1ccc2nc(N(CCCN3CCOCC3)C(=O)c3ccno3)sc2c1. The Morgan fingerprint density at radius 3 is 2.89 bits per heavy atom. The second-order valence-corrected chi connectivity index (χ2v) is 7.80. The molecule has 1 aliphatic rings. The maximum absolute atomic E-state index is 13.0. The quantitative estimate of drug-likeness (QED) is 0.606. The number of hydrogen-bond acceptors (Lipinski definition) is 7. The van der Waals surface area contributed by atoms with E-state index in [4.69, 9.17) is 14.2 Å². The Hall–Kier alpha value is -2.29. The van der Waals surface area contributed by atoms with Gasteiger partial charge in [-0.1, -0.05) is 29.5 Å². The summed E-state index contributed by atoms with van der Waals surface area (Å²) in [6, 6.07) is 7.87. The van der Waals surface area contributed by atoms with Gasteiger partial charge in [0, 0.05) is 32.2 Å². The number of thiazole rings is 1. The monoisotopic (exact) mass is 400 g/mol. The maximum atomic E-state index is 13.0. The highest BCUT2D eigenvalue weighted by molar-refractivity contribution is 7.22. The van der Waals surface area contributed by atoms with E-state index in [1.54, 1.807) is 22.3 Å². The average Bonchev–Trinajstić information content (AvgIpc) is 3.40. The van der Waals surface area contributed by atoms with Crippen LogP contribution in [0.25, 0.3) is 10.2 Å². The minimum Gasteiger partial charge on any atom is -0.379 e. The largest absolute Gasteiger partial charge is 0.379 e. The van der Waals surface area contributed by atoms with Crippen molar-refractivity contribution in [3.05, 3.63) is 41.8 Å². The molecule has 0 unspecified atom stereocenters. The molecule has 0 spiro atoms. The molecule has 1 aliphatic heterocycles. The molecule has 148 valence electrons. The van der Waals surface area contributed by atoms with Gasteiger partial charge in [-0.05, 0) is 30.5 Å². The smallest absolute Gasteiger partial charge is 0.298 e. The molecular weight excluding hydrogens is 376 g/mol. The molecule has 1 aromatic carbocycles. The number of carbonyl (C=O) groups excluding carboxylic acids is 1. The molecule has 8 heteroatoms. The molecular formula is C20H24N4O3S. The standard InChI is InChI=1S/C20H24N4O3S/c1-2-15-4-5-16-18(14-15)28-20(22-16)24(19(25)17-6-7-21-27-17)9-3-8-23-10-12-26-13-11-23/h4-7,14H,2-3,8-13H2,1H3. The first-order chi connectivity index (χ1) is 13.7. The van der Waals surface area contributed by atoms with E-state index in [-0.39, 0.29) is 11.7 Å². The number of nitrogens with zero attached hydrogens (tertiary/aromatic N) is 4. The molecule has 0 bridgehead atoms. The molecule has 7 nitrogen and oxygen atoms in total. The summed E-state index contributed by atoms with van der Waals surface area (Å²) >= 11 is 1.54. The van der Waals surface area contributed by atoms with Gasteiger partial charge in [-0.25, -0.2) is 4.98 Å². The van der Waals surface area contributed by atoms with Gasteiger partial charge in [-0.15, -0.1) is 0 Å². The molecule has 2 aromatic heterocycles. The molecule has 0 saturated carbocycles. The van der Waals surface area contributed by atoms with Gasteiger partial charge in [0.2, 0.25) is 5.76 Å². The van der Waals surface area contributed by atoms with Crippen LogP contribution in [0, 0.1) is 0 Å². The molecule has 3 aromatic rings. The summed E-state index contributed by atoms with van der Waals surface area (Å²) in [6.45, 7) is 7.07. The highest BCUT2D eigenvalue weighted by Gasteiger charge is 2.24. The number of aryl methyl sites for hydroxylation is 1. The van der Waals surface area contributed by atoms with Gasteiger partial charge in [-0.3, -0.25) is 14.6 Å². The Bertz CT molecular complexity index is 919. The lowest BCUT2D eigenvalue weighted by Crippen LogP contribution is -2.39. The van der Waals surface area contributed by atoms with Crippen molar-refractivity contribution in [1.82, 2.24) is 15.0 Å². The summed E-state index contributed by atoms with van der Waals surface area (Å²) in [5, 5.41) is 4.38. The fraction of sp³-hybridized carbons (Fsp3) is 0.450. The van der Waals surface area contributed by atoms with Crippen LogP contribution in [0.1, 0.15) is 29.5 Å². The van der Waals surface area contributed by atoms with Crippen LogP contribution in [0.15, 0.2) is 35.0 Å². The summed E-state index contributed by atoms with van der Waals surface area (Å²) in [5.74, 6) is 0.0362. The maximum Gasteiger partial charge on any atom is 0.298 e. The fourth-order valence-electron chi connectivity index (χ4n) is 3.31. The predicted octanol–water partition coefficient (Wildman–Crippen LogP) is 3.22. The van der Waals surface area contributed by atoms with Crippen molar-refractivity contribution in [2.75, 3.05) is 44.3 Å². The number of hydrogen-bond donors (Lipinski definition) is 0. The minimum atomic E-state index is -0.200. The summed E-state index contributed by atoms with van der Waals surface area (Å²) < 4.78 is 11.6. The molecule has 0 radical (unpaired) electrons. The molecule has 1 saturated heterocycles. The molecule has 1 amide bonds. The van der Waals surface area contributed by atoms with Gasteiger partial charge in [-0.2, -0.15) is 0 Å². The lowest BCUT2D eigenvalue weighted by molar-refractivity contribution is 0.0376. The summed E-state index contributed by atoms with van der Waals surface area (Å²) in [6.07, 6.45) is 3.32. The normalized spacial score (nSPS) is 15.2. The van der Waals surface area contributed by atoms with Gasteiger partial charge in [0.15, 0.2) is 5.13 Å². The lowest BCUT2D eigenvalue weighted by Gasteiger charge is -2.27. The van der Waals surface area contributed by atoms with E-state index in [1.807, 2.05) is 6.07 Å². The van der Waals surface area contributed by atoms with Crippen LogP contribution in [0.2, 0.25) is 0 Å². The first-order valence-electron chi connectivity index (χ1n) is 9.66. The third-order valence-electron chi connectivity index (χ3n) is 4.93. The summed E-state index contributed by atoms with van der Waals surface area (Å²) in [5.41, 5.74) is 2.18. The van der Waals surface area contributed by atoms with Crippen molar-refractivity contribution < 1.29 is 14.1 Å². The topological polar surface area (TPSA) is 71.7 Å². The Morgan fingerprint density at radius 2 is 2.14 bits per heavy atom. The van der Waals surface area contributed by atoms with Gasteiger partial charge in [0.05, 0.1) is 29.6 Å². The Kier molecular flexibility index (Phi) is 5.99. The zero-order valence-electron chi connectivity index (χ0n) is 16.0. The number of aromatic nitrogens is 2. The van der Waals surface area contributed by atoms with Crippen LogP contribution >= 0.6 is 11.3 Å². The van der Waals surface area contributed by atoms with Crippen LogP contribution in [-0.4, -0.2) is 60.3 Å². The van der Waals surface area contributed by atoms with Crippen molar-refractivity contribution >= 4 is 32.6 Å². The second-order valence-electron chi connectivity index (χ2n) is 6.79. The Morgan fingerprint density at radius 1 is 1.29 bits per heavy atom. The first kappa shape index (κ1) is 19.0. The van der Waals surface area contributed by atoms with E-state index < -0.39 is 0 Å². The minimum absolute atomic E-state index is 0.200. The van der Waals surface area contributed by atoms with Crippen molar-refractivity contribution in [3.63, 3.8) is 0 Å². The number of ether oxygens (including phenoxy) is 1. The molecule has 0 atom stereocenters. The summed E-state index contributed by atoms with van der Waals surface area (Å²) in [7, 11) is 0. The van der Waals surface area contributed by atoms with E-state index in [0.29, 0.717) is 11.7 Å². The number of rotatable bonds is 7.